The van der Waals surface area contributed by atoms with Crippen molar-refractivity contribution >= 4 is 31.9 Å². The van der Waals surface area contributed by atoms with Crippen molar-refractivity contribution in [1.82, 2.24) is 9.71 Å². The Labute approximate surface area is 203 Å². The van der Waals surface area contributed by atoms with Crippen LogP contribution in [0, 0.1) is 5.82 Å². The third-order valence-corrected chi connectivity index (χ3v) is 7.24. The summed E-state index contributed by atoms with van der Waals surface area (Å²) < 4.78 is 53.3. The van der Waals surface area contributed by atoms with Crippen LogP contribution in [0.4, 0.5) is 4.39 Å². The molecular weight excluding hydrogens is 531 g/mol. The Balaban J connectivity index is 1.54. The van der Waals surface area contributed by atoms with Gasteiger partial charge in [-0.15, -0.1) is 0 Å². The molecule has 4 rings (SSSR count). The number of pyridine rings is 1. The van der Waals surface area contributed by atoms with Crippen molar-refractivity contribution in [2.45, 2.75) is 30.2 Å². The molecule has 0 fully saturated rings. The largest absolute Gasteiger partial charge is 0.482 e. The molecule has 178 valence electrons. The minimum atomic E-state index is -3.94. The second-order valence-electron chi connectivity index (χ2n) is 7.59. The molecule has 0 aliphatic heterocycles. The minimum Gasteiger partial charge on any atom is -0.482 e. The molecule has 2 aromatic carbocycles. The number of carbonyl (C=O) groups is 1. The second-order valence-corrected chi connectivity index (χ2v) is 10.2. The number of sulfonamides is 1. The zero-order valence-corrected chi connectivity index (χ0v) is 20.1. The van der Waals surface area contributed by atoms with Gasteiger partial charge in [0.2, 0.25) is 15.9 Å². The van der Waals surface area contributed by atoms with E-state index in [0.717, 1.165) is 11.1 Å². The van der Waals surface area contributed by atoms with Crippen LogP contribution in [0.15, 0.2) is 64.1 Å². The summed E-state index contributed by atoms with van der Waals surface area (Å²) in [5, 5.41) is 8.89. The van der Waals surface area contributed by atoms with Crippen LogP contribution in [0.1, 0.15) is 30.0 Å². The van der Waals surface area contributed by atoms with E-state index >= 15 is 0 Å². The molecule has 1 heterocycles. The minimum absolute atomic E-state index is 0.0590. The summed E-state index contributed by atoms with van der Waals surface area (Å²) in [5.41, 5.74) is 1.55. The lowest BCUT2D eigenvalue weighted by atomic mass is 9.87. The quantitative estimate of drug-likeness (QED) is 0.421. The van der Waals surface area contributed by atoms with Crippen LogP contribution in [0.2, 0.25) is 0 Å². The number of carboxylic acid groups (broad SMARTS) is 1. The van der Waals surface area contributed by atoms with E-state index in [1.165, 1.54) is 36.5 Å². The number of benzene rings is 2. The first-order chi connectivity index (χ1) is 16.2. The second kappa shape index (κ2) is 10.1. The average molecular weight is 551 g/mol. The molecule has 8 nitrogen and oxygen atoms in total. The topological polar surface area (TPSA) is 115 Å². The molecule has 11 heteroatoms. The summed E-state index contributed by atoms with van der Waals surface area (Å²) in [6.07, 6.45) is 3.13. The van der Waals surface area contributed by atoms with E-state index in [1.54, 1.807) is 12.1 Å². The standard InChI is InChI=1S/C23H20BrFN2O6S/c24-19-11-16(12-26-23(19)33-15-9-7-14(25)8-10-15)34(30,31)27-20-5-1-4-18-17(20)3-2-6-21(18)32-13-22(28)29/h2-3,6-12,20,27H,1,4-5,13H2,(H,28,29)/t20-/m1/s1. The third-order valence-electron chi connectivity index (χ3n) is 5.23. The molecule has 3 aromatic rings. The van der Waals surface area contributed by atoms with Crippen LogP contribution >= 0.6 is 15.9 Å². The predicted octanol–water partition coefficient (Wildman–Crippen LogP) is 4.59. The molecule has 0 bridgehead atoms. The van der Waals surface area contributed by atoms with Gasteiger partial charge >= 0.3 is 5.97 Å². The van der Waals surface area contributed by atoms with Crippen molar-refractivity contribution in [1.29, 1.82) is 0 Å². The molecule has 0 unspecified atom stereocenters. The monoisotopic (exact) mass is 550 g/mol. The fourth-order valence-corrected chi connectivity index (χ4v) is 5.51. The Bertz CT molecular complexity index is 1320. The molecule has 1 aliphatic rings. The van der Waals surface area contributed by atoms with Crippen molar-refractivity contribution in [3.63, 3.8) is 0 Å². The molecule has 1 atom stereocenters. The fraction of sp³-hybridized carbons (Fsp3) is 0.217. The first kappa shape index (κ1) is 24.1. The van der Waals surface area contributed by atoms with Gasteiger partial charge in [-0.05, 0) is 82.7 Å². The number of aliphatic carboxylic acids is 1. The molecule has 0 saturated heterocycles. The normalized spacial score (nSPS) is 15.4. The Morgan fingerprint density at radius 1 is 1.24 bits per heavy atom. The summed E-state index contributed by atoms with van der Waals surface area (Å²) in [4.78, 5) is 14.9. The van der Waals surface area contributed by atoms with Crippen LogP contribution in [0.3, 0.4) is 0 Å². The number of fused-ring (bicyclic) bond motifs is 1. The Morgan fingerprint density at radius 2 is 2.00 bits per heavy atom. The highest BCUT2D eigenvalue weighted by Gasteiger charge is 2.28. The van der Waals surface area contributed by atoms with Crippen LogP contribution in [0.25, 0.3) is 0 Å². The number of carboxylic acids is 1. The maximum absolute atomic E-state index is 13.1. The lowest BCUT2D eigenvalue weighted by Gasteiger charge is -2.27. The summed E-state index contributed by atoms with van der Waals surface area (Å²) >= 11 is 3.28. The van der Waals surface area contributed by atoms with Gasteiger partial charge in [-0.3, -0.25) is 0 Å². The van der Waals surface area contributed by atoms with Gasteiger partial charge in [-0.1, -0.05) is 12.1 Å². The van der Waals surface area contributed by atoms with Crippen molar-refractivity contribution < 1.29 is 32.2 Å². The lowest BCUT2D eigenvalue weighted by Crippen LogP contribution is -2.31. The number of hydrogen-bond donors (Lipinski definition) is 2. The number of nitrogens with one attached hydrogen (secondary N) is 1. The van der Waals surface area contributed by atoms with Gasteiger partial charge in [0, 0.05) is 6.04 Å². The van der Waals surface area contributed by atoms with Gasteiger partial charge in [-0.25, -0.2) is 27.3 Å². The molecule has 1 aromatic heterocycles. The van der Waals surface area contributed by atoms with E-state index in [1.807, 2.05) is 6.07 Å². The predicted molar refractivity (Wildman–Crippen MR) is 124 cm³/mol. The zero-order chi connectivity index (χ0) is 24.3. The number of halogens is 2. The maximum Gasteiger partial charge on any atom is 0.341 e. The van der Waals surface area contributed by atoms with Crippen molar-refractivity contribution in [2.75, 3.05) is 6.61 Å². The fourth-order valence-electron chi connectivity index (χ4n) is 3.71. The zero-order valence-electron chi connectivity index (χ0n) is 17.7. The molecular formula is C23H20BrFN2O6S. The van der Waals surface area contributed by atoms with Gasteiger partial charge in [0.05, 0.1) is 10.7 Å². The summed E-state index contributed by atoms with van der Waals surface area (Å²) in [5.74, 6) is -0.570. The van der Waals surface area contributed by atoms with Gasteiger partial charge in [0.15, 0.2) is 6.61 Å². The highest BCUT2D eigenvalue weighted by atomic mass is 79.9. The number of nitrogens with zero attached hydrogens (tertiary/aromatic N) is 1. The number of ether oxygens (including phenoxy) is 2. The SMILES string of the molecule is O=C(O)COc1cccc2c1CCC[C@H]2NS(=O)(=O)c1cnc(Oc2ccc(F)cc2)c(Br)c1. The van der Waals surface area contributed by atoms with Gasteiger partial charge < -0.3 is 14.6 Å². The highest BCUT2D eigenvalue weighted by Crippen LogP contribution is 2.37. The van der Waals surface area contributed by atoms with Gasteiger partial charge in [0.25, 0.3) is 0 Å². The van der Waals surface area contributed by atoms with Crippen molar-refractivity contribution in [3.05, 3.63) is 76.1 Å². The lowest BCUT2D eigenvalue weighted by molar-refractivity contribution is -0.139. The van der Waals surface area contributed by atoms with Crippen LogP contribution in [0.5, 0.6) is 17.4 Å². The Morgan fingerprint density at radius 3 is 2.71 bits per heavy atom. The molecule has 0 amide bonds. The number of rotatable bonds is 8. The molecule has 0 saturated carbocycles. The molecule has 0 spiro atoms. The maximum atomic E-state index is 13.1. The first-order valence-electron chi connectivity index (χ1n) is 10.3. The van der Waals surface area contributed by atoms with E-state index in [2.05, 4.69) is 25.6 Å². The van der Waals surface area contributed by atoms with E-state index in [0.29, 0.717) is 35.2 Å². The smallest absolute Gasteiger partial charge is 0.341 e. The van der Waals surface area contributed by atoms with E-state index < -0.39 is 34.5 Å². The van der Waals surface area contributed by atoms with Crippen LogP contribution < -0.4 is 14.2 Å². The summed E-state index contributed by atoms with van der Waals surface area (Å²) in [6, 6.07) is 11.4. The van der Waals surface area contributed by atoms with Crippen LogP contribution in [-0.4, -0.2) is 31.1 Å². The van der Waals surface area contributed by atoms with E-state index in [4.69, 9.17) is 14.6 Å². The van der Waals surface area contributed by atoms with E-state index in [9.17, 15) is 17.6 Å². The molecule has 1 aliphatic carbocycles. The average Bonchev–Trinajstić information content (AvgIpc) is 2.80. The third kappa shape index (κ3) is 5.54. The first-order valence-corrected chi connectivity index (χ1v) is 12.6. The summed E-state index contributed by atoms with van der Waals surface area (Å²) in [6.45, 7) is -0.473. The van der Waals surface area contributed by atoms with E-state index in [-0.39, 0.29) is 10.8 Å². The number of hydrogen-bond acceptors (Lipinski definition) is 6. The molecule has 2 N–H and O–H groups in total. The summed E-state index contributed by atoms with van der Waals surface area (Å²) in [7, 11) is -3.94. The van der Waals surface area contributed by atoms with Gasteiger partial charge in [0.1, 0.15) is 22.2 Å². The highest BCUT2D eigenvalue weighted by molar-refractivity contribution is 9.10. The Hall–Kier alpha value is -3.02. The van der Waals surface area contributed by atoms with Gasteiger partial charge in [-0.2, -0.15) is 0 Å². The van der Waals surface area contributed by atoms with Crippen molar-refractivity contribution in [2.24, 2.45) is 0 Å². The molecule has 0 radical (unpaired) electrons. The van der Waals surface area contributed by atoms with Crippen molar-refractivity contribution in [3.8, 4) is 17.4 Å². The number of aromatic nitrogens is 1. The Kier molecular flexibility index (Phi) is 7.15. The molecule has 34 heavy (non-hydrogen) atoms. The van der Waals surface area contributed by atoms with Crippen LogP contribution in [-0.2, 0) is 21.2 Å².